The van der Waals surface area contributed by atoms with Crippen LogP contribution in [0.3, 0.4) is 0 Å². The second-order valence-corrected chi connectivity index (χ2v) is 14.0. The van der Waals surface area contributed by atoms with Gasteiger partial charge in [-0.2, -0.15) is 0 Å². The van der Waals surface area contributed by atoms with Gasteiger partial charge < -0.3 is 35.1 Å². The van der Waals surface area contributed by atoms with Gasteiger partial charge in [-0.1, -0.05) is 74.5 Å². The summed E-state index contributed by atoms with van der Waals surface area (Å²) < 4.78 is 17.1. The number of alkyl carbamates (subject to hydrolysis) is 1. The summed E-state index contributed by atoms with van der Waals surface area (Å²) in [7, 11) is 1.27. The molecule has 264 valence electrons. The maximum atomic E-state index is 14.0. The van der Waals surface area contributed by atoms with Crippen LogP contribution in [0.2, 0.25) is 0 Å². The Hall–Kier alpha value is -5.32. The lowest BCUT2D eigenvalue weighted by Crippen LogP contribution is -2.57. The number of carbonyl (C=O) groups is 4. The van der Waals surface area contributed by atoms with Gasteiger partial charge in [0, 0.05) is 35.6 Å². The van der Waals surface area contributed by atoms with Crippen molar-refractivity contribution in [3.05, 3.63) is 89.6 Å². The Morgan fingerprint density at radius 3 is 2.38 bits per heavy atom. The van der Waals surface area contributed by atoms with E-state index in [9.17, 15) is 19.2 Å². The van der Waals surface area contributed by atoms with E-state index in [1.807, 2.05) is 86.8 Å². The van der Waals surface area contributed by atoms with E-state index >= 15 is 0 Å². The van der Waals surface area contributed by atoms with Crippen molar-refractivity contribution in [2.45, 2.75) is 84.2 Å². The van der Waals surface area contributed by atoms with Gasteiger partial charge in [0.1, 0.15) is 36.1 Å². The number of fused-ring (bicyclic) bond motifs is 10. The predicted molar refractivity (Wildman–Crippen MR) is 190 cm³/mol. The second kappa shape index (κ2) is 15.5. The van der Waals surface area contributed by atoms with Crippen molar-refractivity contribution >= 4 is 34.8 Å². The zero-order chi connectivity index (χ0) is 36.0. The number of amides is 3. The number of ether oxygens (including phenoxy) is 3. The SMILES string of the molecule is COC(=O)[C@@H]1Cc2c[nH]c3c(cccc23)-c2ccc(cc2OCc2ccccc2)C[C@H](NC(=O)OC(C)(C)C)C(=O)N[C@@H](CC(C)C)C(=O)N1. The Bertz CT molecular complexity index is 1840. The summed E-state index contributed by atoms with van der Waals surface area (Å²) in [6.07, 6.45) is 1.56. The van der Waals surface area contributed by atoms with Crippen LogP contribution in [-0.2, 0) is 43.3 Å². The summed E-state index contributed by atoms with van der Waals surface area (Å²) in [4.78, 5) is 57.3. The molecule has 4 aromatic rings. The van der Waals surface area contributed by atoms with Crippen molar-refractivity contribution in [1.29, 1.82) is 0 Å². The van der Waals surface area contributed by atoms with E-state index < -0.39 is 47.6 Å². The third-order valence-corrected chi connectivity index (χ3v) is 8.39. The van der Waals surface area contributed by atoms with Gasteiger partial charge in [0.2, 0.25) is 11.8 Å². The molecule has 11 nitrogen and oxygen atoms in total. The number of nitrogens with one attached hydrogen (secondary N) is 4. The van der Waals surface area contributed by atoms with Crippen molar-refractivity contribution in [3.8, 4) is 16.9 Å². The van der Waals surface area contributed by atoms with E-state index in [4.69, 9.17) is 14.2 Å². The van der Waals surface area contributed by atoms with Gasteiger partial charge in [0.05, 0.1) is 12.6 Å². The van der Waals surface area contributed by atoms with Gasteiger partial charge in [0.25, 0.3) is 0 Å². The molecule has 0 saturated carbocycles. The van der Waals surface area contributed by atoms with Crippen LogP contribution in [0.1, 0.15) is 57.7 Å². The number of aromatic amines is 1. The number of benzene rings is 3. The molecule has 4 N–H and O–H groups in total. The number of esters is 1. The van der Waals surface area contributed by atoms with Crippen molar-refractivity contribution in [2.75, 3.05) is 7.11 Å². The monoisotopic (exact) mass is 682 g/mol. The summed E-state index contributed by atoms with van der Waals surface area (Å²) in [5.41, 5.74) is 4.20. The molecule has 6 bridgehead atoms. The van der Waals surface area contributed by atoms with Crippen LogP contribution in [0.25, 0.3) is 22.0 Å². The molecule has 1 aromatic heterocycles. The first-order valence-electron chi connectivity index (χ1n) is 16.9. The molecule has 50 heavy (non-hydrogen) atoms. The molecule has 0 aliphatic carbocycles. The number of hydrogen-bond donors (Lipinski definition) is 4. The molecule has 0 spiro atoms. The fourth-order valence-corrected chi connectivity index (χ4v) is 6.07. The van der Waals surface area contributed by atoms with Crippen LogP contribution in [0.15, 0.2) is 72.9 Å². The van der Waals surface area contributed by atoms with Crippen LogP contribution < -0.4 is 20.7 Å². The van der Waals surface area contributed by atoms with E-state index in [1.165, 1.54) is 7.11 Å². The number of para-hydroxylation sites is 1. The minimum atomic E-state index is -1.11. The Morgan fingerprint density at radius 1 is 0.920 bits per heavy atom. The summed E-state index contributed by atoms with van der Waals surface area (Å²) in [5.74, 6) is -1.14. The zero-order valence-electron chi connectivity index (χ0n) is 29.4. The van der Waals surface area contributed by atoms with Crippen molar-refractivity contribution in [1.82, 2.24) is 20.9 Å². The van der Waals surface area contributed by atoms with Crippen molar-refractivity contribution in [2.24, 2.45) is 5.92 Å². The standard InChI is InChI=1S/C39H46N4O7/c1-23(2)17-30-35(44)42-32(37(46)48-6)20-26-21-40-34-27(26)13-10-14-29(34)28-16-15-25(19-33(28)49-22-24-11-8-7-9-12-24)18-31(36(45)41-30)43-38(47)50-39(3,4)5/h7-16,19,21,23,30-32,40H,17-18,20,22H2,1-6H3,(H,41,45)(H,42,44)(H,43,47)/t30-,31-,32-/m0/s1. The highest BCUT2D eigenvalue weighted by Gasteiger charge is 2.32. The fraction of sp³-hybridized carbons (Fsp3) is 0.385. The van der Waals surface area contributed by atoms with Gasteiger partial charge in [-0.3, -0.25) is 9.59 Å². The van der Waals surface area contributed by atoms with Gasteiger partial charge in [0.15, 0.2) is 0 Å². The van der Waals surface area contributed by atoms with Crippen LogP contribution in [0, 0.1) is 5.92 Å². The minimum Gasteiger partial charge on any atom is -0.488 e. The number of carbonyl (C=O) groups excluding carboxylic acids is 4. The van der Waals surface area contributed by atoms with Crippen LogP contribution >= 0.6 is 0 Å². The Balaban J connectivity index is 1.64. The molecule has 0 unspecified atom stereocenters. The number of H-pyrrole nitrogens is 1. The molecule has 3 aromatic carbocycles. The average Bonchev–Trinajstić information content (AvgIpc) is 3.48. The average molecular weight is 683 g/mol. The third-order valence-electron chi connectivity index (χ3n) is 8.39. The Kier molecular flexibility index (Phi) is 11.1. The smallest absolute Gasteiger partial charge is 0.408 e. The highest BCUT2D eigenvalue weighted by molar-refractivity contribution is 5.98. The molecule has 0 fully saturated rings. The first kappa shape index (κ1) is 36.0. The van der Waals surface area contributed by atoms with Gasteiger partial charge in [-0.25, -0.2) is 9.59 Å². The second-order valence-electron chi connectivity index (χ2n) is 14.0. The summed E-state index contributed by atoms with van der Waals surface area (Å²) >= 11 is 0. The van der Waals surface area contributed by atoms with Crippen LogP contribution in [-0.4, -0.2) is 59.7 Å². The molecule has 6 rings (SSSR count). The molecule has 2 aliphatic heterocycles. The van der Waals surface area contributed by atoms with Crippen LogP contribution in [0.4, 0.5) is 4.79 Å². The first-order valence-corrected chi connectivity index (χ1v) is 16.9. The van der Waals surface area contributed by atoms with E-state index in [0.29, 0.717) is 17.9 Å². The lowest BCUT2D eigenvalue weighted by atomic mass is 9.96. The van der Waals surface area contributed by atoms with Gasteiger partial charge in [-0.15, -0.1) is 0 Å². The quantitative estimate of drug-likeness (QED) is 0.186. The van der Waals surface area contributed by atoms with Gasteiger partial charge in [-0.05, 0) is 55.9 Å². The molecule has 3 amide bonds. The topological polar surface area (TPSA) is 148 Å². The number of rotatable bonds is 7. The number of hydrogen-bond acceptors (Lipinski definition) is 7. The molecule has 2 aliphatic rings. The molecule has 0 saturated heterocycles. The van der Waals surface area contributed by atoms with E-state index in [2.05, 4.69) is 20.9 Å². The summed E-state index contributed by atoms with van der Waals surface area (Å²) in [6.45, 7) is 9.36. The summed E-state index contributed by atoms with van der Waals surface area (Å²) in [6, 6.07) is 18.2. The number of methoxy groups -OCH3 is 1. The van der Waals surface area contributed by atoms with Crippen molar-refractivity contribution in [3.63, 3.8) is 0 Å². The zero-order valence-corrected chi connectivity index (χ0v) is 29.4. The first-order chi connectivity index (χ1) is 23.8. The maximum Gasteiger partial charge on any atom is 0.408 e. The molecule has 0 radical (unpaired) electrons. The minimum absolute atomic E-state index is 0.0119. The lowest BCUT2D eigenvalue weighted by molar-refractivity contribution is -0.145. The van der Waals surface area contributed by atoms with E-state index in [1.54, 1.807) is 20.8 Å². The number of aromatic nitrogens is 1. The molecular formula is C39H46N4O7. The Morgan fingerprint density at radius 2 is 1.68 bits per heavy atom. The van der Waals surface area contributed by atoms with E-state index in [-0.39, 0.29) is 25.2 Å². The molecular weight excluding hydrogens is 636 g/mol. The van der Waals surface area contributed by atoms with E-state index in [0.717, 1.165) is 33.2 Å². The third kappa shape index (κ3) is 9.02. The summed E-state index contributed by atoms with van der Waals surface area (Å²) in [5, 5.41) is 9.27. The predicted octanol–water partition coefficient (Wildman–Crippen LogP) is 5.59. The highest BCUT2D eigenvalue weighted by Crippen LogP contribution is 2.37. The molecule has 11 heteroatoms. The molecule has 3 heterocycles. The maximum absolute atomic E-state index is 14.0. The molecule has 3 atom stereocenters. The highest BCUT2D eigenvalue weighted by atomic mass is 16.6. The lowest BCUT2D eigenvalue weighted by Gasteiger charge is -2.27. The van der Waals surface area contributed by atoms with Crippen LogP contribution in [0.5, 0.6) is 5.75 Å². The Labute approximate surface area is 292 Å². The van der Waals surface area contributed by atoms with Gasteiger partial charge >= 0.3 is 12.1 Å². The fourth-order valence-electron chi connectivity index (χ4n) is 6.07. The normalized spacial score (nSPS) is 18.3. The van der Waals surface area contributed by atoms with Crippen molar-refractivity contribution < 1.29 is 33.4 Å². The largest absolute Gasteiger partial charge is 0.488 e.